The molecule has 1 atom stereocenters. The molecule has 1 N–H and O–H groups in total. The highest BCUT2D eigenvalue weighted by Crippen LogP contribution is 2.37. The molecule has 1 aliphatic rings. The number of furan rings is 1. The van der Waals surface area contributed by atoms with Gasteiger partial charge in [0.25, 0.3) is 5.91 Å². The van der Waals surface area contributed by atoms with Crippen molar-refractivity contribution in [3.05, 3.63) is 100 Å². The Kier molecular flexibility index (Phi) is 5.77. The van der Waals surface area contributed by atoms with E-state index in [0.29, 0.717) is 28.7 Å². The number of nitrogens with zero attached hydrogens (tertiary/aromatic N) is 2. The summed E-state index contributed by atoms with van der Waals surface area (Å²) in [7, 11) is 0. The van der Waals surface area contributed by atoms with Crippen molar-refractivity contribution in [1.29, 1.82) is 0 Å². The second-order valence-corrected chi connectivity index (χ2v) is 9.60. The zero-order valence-corrected chi connectivity index (χ0v) is 20.6. The number of anilines is 1. The molecule has 2 aromatic carbocycles. The van der Waals surface area contributed by atoms with Crippen molar-refractivity contribution in [3.63, 3.8) is 0 Å². The first-order valence-electron chi connectivity index (χ1n) is 11.5. The van der Waals surface area contributed by atoms with Crippen molar-refractivity contribution >= 4 is 29.1 Å². The summed E-state index contributed by atoms with van der Waals surface area (Å²) >= 11 is 6.00. The summed E-state index contributed by atoms with van der Waals surface area (Å²) in [6.45, 7) is 6.44. The first kappa shape index (κ1) is 23.0. The number of fused-ring (bicyclic) bond motifs is 1. The van der Waals surface area contributed by atoms with Gasteiger partial charge in [-0.3, -0.25) is 14.5 Å². The molecule has 0 saturated heterocycles. The lowest BCUT2D eigenvalue weighted by Gasteiger charge is -2.44. The molecule has 0 saturated carbocycles. The number of amides is 2. The Morgan fingerprint density at radius 1 is 1.03 bits per heavy atom. The Morgan fingerprint density at radius 2 is 1.77 bits per heavy atom. The van der Waals surface area contributed by atoms with Crippen molar-refractivity contribution in [2.24, 2.45) is 0 Å². The molecule has 6 nitrogen and oxygen atoms in total. The summed E-state index contributed by atoms with van der Waals surface area (Å²) in [6.07, 6.45) is 1.60. The molecule has 2 amide bonds. The summed E-state index contributed by atoms with van der Waals surface area (Å²) in [5.41, 5.74) is 3.87. The van der Waals surface area contributed by atoms with Crippen LogP contribution in [0.1, 0.15) is 34.1 Å². The van der Waals surface area contributed by atoms with Gasteiger partial charge >= 0.3 is 0 Å². The fraction of sp³-hybridized carbons (Fsp3) is 0.214. The number of nitrogens with one attached hydrogen (secondary N) is 1. The fourth-order valence-electron chi connectivity index (χ4n) is 4.60. The molecule has 0 aliphatic carbocycles. The van der Waals surface area contributed by atoms with E-state index in [-0.39, 0.29) is 18.4 Å². The van der Waals surface area contributed by atoms with Crippen LogP contribution in [0.25, 0.3) is 11.5 Å². The van der Waals surface area contributed by atoms with Crippen LogP contribution in [0.2, 0.25) is 5.02 Å². The van der Waals surface area contributed by atoms with Crippen LogP contribution in [0.3, 0.4) is 0 Å². The van der Waals surface area contributed by atoms with Crippen LogP contribution < -0.4 is 10.2 Å². The molecule has 3 heterocycles. The van der Waals surface area contributed by atoms with Crippen molar-refractivity contribution in [2.45, 2.75) is 39.4 Å². The maximum absolute atomic E-state index is 13.9. The lowest BCUT2D eigenvalue weighted by Crippen LogP contribution is -2.64. The van der Waals surface area contributed by atoms with Crippen LogP contribution in [0.15, 0.2) is 77.4 Å². The molecule has 5 rings (SSSR count). The molecule has 0 spiro atoms. The zero-order chi connectivity index (χ0) is 24.7. The summed E-state index contributed by atoms with van der Waals surface area (Å²) in [4.78, 5) is 29.3. The molecule has 35 heavy (non-hydrogen) atoms. The highest BCUT2D eigenvalue weighted by Gasteiger charge is 2.48. The van der Waals surface area contributed by atoms with Gasteiger partial charge in [0.1, 0.15) is 17.0 Å². The van der Waals surface area contributed by atoms with Gasteiger partial charge in [-0.15, -0.1) is 0 Å². The van der Waals surface area contributed by atoms with Crippen molar-refractivity contribution in [1.82, 2.24) is 9.88 Å². The van der Waals surface area contributed by atoms with Gasteiger partial charge in [0, 0.05) is 17.3 Å². The Balaban J connectivity index is 1.56. The molecule has 2 aromatic heterocycles. The van der Waals surface area contributed by atoms with E-state index in [9.17, 15) is 9.59 Å². The fourth-order valence-corrected chi connectivity index (χ4v) is 4.72. The van der Waals surface area contributed by atoms with Crippen molar-refractivity contribution in [2.75, 3.05) is 4.90 Å². The minimum absolute atomic E-state index is 0.235. The number of halogens is 1. The van der Waals surface area contributed by atoms with Crippen LogP contribution in [-0.4, -0.2) is 21.9 Å². The summed E-state index contributed by atoms with van der Waals surface area (Å²) < 4.78 is 7.48. The molecular weight excluding hydrogens is 462 g/mol. The summed E-state index contributed by atoms with van der Waals surface area (Å²) in [5.74, 6) is 0.165. The van der Waals surface area contributed by atoms with Crippen LogP contribution in [0, 0.1) is 13.8 Å². The Labute approximate surface area is 209 Å². The second kappa shape index (κ2) is 8.78. The minimum atomic E-state index is -1.18. The quantitative estimate of drug-likeness (QED) is 0.389. The first-order chi connectivity index (χ1) is 16.8. The number of hydrogen-bond donors (Lipinski definition) is 1. The average molecular weight is 488 g/mol. The topological polar surface area (TPSA) is 67.5 Å². The molecule has 4 aromatic rings. The monoisotopic (exact) mass is 487 g/mol. The largest absolute Gasteiger partial charge is 0.463 e. The van der Waals surface area contributed by atoms with Crippen LogP contribution in [0.5, 0.6) is 0 Å². The van der Waals surface area contributed by atoms with Gasteiger partial charge in [-0.25, -0.2) is 0 Å². The number of carbonyl (C=O) groups excluding carboxylic acids is 2. The number of aryl methyl sites for hydroxylation is 2. The average Bonchev–Trinajstić information content (AvgIpc) is 3.50. The Hall–Kier alpha value is -3.77. The molecular formula is C28H26ClN3O3. The maximum atomic E-state index is 13.9. The minimum Gasteiger partial charge on any atom is -0.463 e. The predicted octanol–water partition coefficient (Wildman–Crippen LogP) is 5.75. The summed E-state index contributed by atoms with van der Waals surface area (Å²) in [5, 5.41) is 3.68. The normalized spacial score (nSPS) is 17.4. The van der Waals surface area contributed by atoms with Gasteiger partial charge in [-0.05, 0) is 86.0 Å². The highest BCUT2D eigenvalue weighted by atomic mass is 35.5. The van der Waals surface area contributed by atoms with Gasteiger partial charge in [0.15, 0.2) is 0 Å². The lowest BCUT2D eigenvalue weighted by molar-refractivity contribution is -0.126. The highest BCUT2D eigenvalue weighted by molar-refractivity contribution is 6.30. The van der Waals surface area contributed by atoms with Crippen molar-refractivity contribution in [3.8, 4) is 11.5 Å². The molecule has 0 bridgehead atoms. The van der Waals surface area contributed by atoms with E-state index in [1.165, 1.54) is 0 Å². The summed E-state index contributed by atoms with van der Waals surface area (Å²) in [6, 6.07) is 20.5. The number of rotatable bonds is 5. The Morgan fingerprint density at radius 3 is 2.46 bits per heavy atom. The predicted molar refractivity (Wildman–Crippen MR) is 137 cm³/mol. The maximum Gasteiger partial charge on any atom is 0.275 e. The van der Waals surface area contributed by atoms with Gasteiger partial charge in [0.05, 0.1) is 18.5 Å². The standard InChI is InChI=1S/C28H26ClN3O3/c1-18-6-11-22(15-19(18)2)32-26(33)24-13-12-23(25-5-4-14-35-25)31(24)17-28(32,3)27(34)30-16-20-7-9-21(29)10-8-20/h4-15H,16-17H2,1-3H3,(H,30,34)/t28-/m1/s1. The molecule has 0 unspecified atom stereocenters. The second-order valence-electron chi connectivity index (χ2n) is 9.16. The van der Waals surface area contributed by atoms with Gasteiger partial charge in [-0.1, -0.05) is 29.8 Å². The molecule has 0 fully saturated rings. The third kappa shape index (κ3) is 4.04. The zero-order valence-electron chi connectivity index (χ0n) is 19.8. The SMILES string of the molecule is Cc1ccc(N2C(=O)c3ccc(-c4ccco4)n3C[C@]2(C)C(=O)NCc2ccc(Cl)cc2)cc1C. The van der Waals surface area contributed by atoms with Crippen LogP contribution >= 0.6 is 11.6 Å². The molecule has 7 heteroatoms. The molecule has 1 aliphatic heterocycles. The van der Waals surface area contributed by atoms with E-state index in [4.69, 9.17) is 16.0 Å². The third-order valence-electron chi connectivity index (χ3n) is 6.74. The molecule has 178 valence electrons. The van der Waals surface area contributed by atoms with Crippen LogP contribution in [-0.2, 0) is 17.9 Å². The van der Waals surface area contributed by atoms with E-state index in [2.05, 4.69) is 5.32 Å². The first-order valence-corrected chi connectivity index (χ1v) is 11.8. The van der Waals surface area contributed by atoms with Crippen molar-refractivity contribution < 1.29 is 14.0 Å². The van der Waals surface area contributed by atoms with E-state index in [1.807, 2.05) is 67.8 Å². The van der Waals surface area contributed by atoms with Gasteiger partial charge < -0.3 is 14.3 Å². The van der Waals surface area contributed by atoms with E-state index in [0.717, 1.165) is 22.4 Å². The van der Waals surface area contributed by atoms with Gasteiger partial charge in [-0.2, -0.15) is 0 Å². The smallest absolute Gasteiger partial charge is 0.275 e. The molecule has 0 radical (unpaired) electrons. The van der Waals surface area contributed by atoms with E-state index in [1.54, 1.807) is 35.4 Å². The number of carbonyl (C=O) groups is 2. The number of hydrogen-bond acceptors (Lipinski definition) is 3. The van der Waals surface area contributed by atoms with E-state index < -0.39 is 5.54 Å². The number of aromatic nitrogens is 1. The number of benzene rings is 2. The van der Waals surface area contributed by atoms with Crippen LogP contribution in [0.4, 0.5) is 5.69 Å². The van der Waals surface area contributed by atoms with Gasteiger partial charge in [0.2, 0.25) is 5.91 Å². The third-order valence-corrected chi connectivity index (χ3v) is 6.99. The lowest BCUT2D eigenvalue weighted by atomic mass is 9.93. The van der Waals surface area contributed by atoms with E-state index >= 15 is 0 Å². The Bertz CT molecular complexity index is 1410.